The summed E-state index contributed by atoms with van der Waals surface area (Å²) in [6, 6.07) is 18.6. The Kier molecular flexibility index (Phi) is 5.53. The molecule has 0 atom stereocenters. The number of benzene rings is 2. The minimum absolute atomic E-state index is 0.208. The summed E-state index contributed by atoms with van der Waals surface area (Å²) in [4.78, 5) is 11.7. The summed E-state index contributed by atoms with van der Waals surface area (Å²) < 4.78 is 0. The molecule has 0 spiro atoms. The summed E-state index contributed by atoms with van der Waals surface area (Å²) >= 11 is 0. The van der Waals surface area contributed by atoms with Crippen molar-refractivity contribution in [1.82, 2.24) is 9.97 Å². The van der Waals surface area contributed by atoms with Crippen molar-refractivity contribution in [3.63, 3.8) is 0 Å². The number of hydrogen-bond acceptors (Lipinski definition) is 5. The minimum atomic E-state index is -0.208. The van der Waals surface area contributed by atoms with Gasteiger partial charge in [0.1, 0.15) is 5.82 Å². The van der Waals surface area contributed by atoms with Crippen molar-refractivity contribution in [2.75, 3.05) is 23.3 Å². The van der Waals surface area contributed by atoms with Gasteiger partial charge < -0.3 is 15.3 Å². The van der Waals surface area contributed by atoms with Crippen molar-refractivity contribution in [3.05, 3.63) is 77.5 Å². The molecule has 2 N–H and O–H groups in total. The molecule has 1 aliphatic heterocycles. The first-order valence-corrected chi connectivity index (χ1v) is 9.84. The topological polar surface area (TPSA) is 61.3 Å². The normalized spacial score (nSPS) is 14.9. The number of para-hydroxylation sites is 1. The summed E-state index contributed by atoms with van der Waals surface area (Å²) in [5.41, 5.74) is 4.58. The Bertz CT molecular complexity index is 904. The SMILES string of the molecule is Cc1ccc(Cc2cnc(Nc3ccccc3)nc2N2CCC(O)CC2)cc1. The predicted octanol–water partition coefficient (Wildman–Crippen LogP) is 4.08. The Balaban J connectivity index is 1.63. The molecule has 1 aliphatic rings. The molecule has 0 unspecified atom stereocenters. The van der Waals surface area contributed by atoms with Crippen LogP contribution in [0.1, 0.15) is 29.5 Å². The first kappa shape index (κ1) is 18.4. The van der Waals surface area contributed by atoms with Crippen LogP contribution in [0, 0.1) is 6.92 Å². The number of rotatable bonds is 5. The average Bonchev–Trinajstić information content (AvgIpc) is 2.72. The van der Waals surface area contributed by atoms with Crippen molar-refractivity contribution >= 4 is 17.5 Å². The fourth-order valence-corrected chi connectivity index (χ4v) is 3.51. The predicted molar refractivity (Wildman–Crippen MR) is 113 cm³/mol. The lowest BCUT2D eigenvalue weighted by Gasteiger charge is -2.32. The van der Waals surface area contributed by atoms with E-state index in [1.807, 2.05) is 36.5 Å². The Hall–Kier alpha value is -2.92. The van der Waals surface area contributed by atoms with E-state index < -0.39 is 0 Å². The standard InChI is InChI=1S/C23H26N4O/c1-17-7-9-18(10-8-17)15-19-16-24-23(25-20-5-3-2-4-6-20)26-22(19)27-13-11-21(28)12-14-27/h2-10,16,21,28H,11-15H2,1H3,(H,24,25,26). The van der Waals surface area contributed by atoms with Crippen molar-refractivity contribution in [1.29, 1.82) is 0 Å². The molecule has 144 valence electrons. The number of anilines is 3. The highest BCUT2D eigenvalue weighted by Crippen LogP contribution is 2.26. The van der Waals surface area contributed by atoms with Gasteiger partial charge in [-0.15, -0.1) is 0 Å². The van der Waals surface area contributed by atoms with Crippen LogP contribution in [-0.2, 0) is 6.42 Å². The van der Waals surface area contributed by atoms with Crippen LogP contribution in [0.3, 0.4) is 0 Å². The zero-order valence-electron chi connectivity index (χ0n) is 16.2. The number of aryl methyl sites for hydroxylation is 1. The molecule has 0 radical (unpaired) electrons. The zero-order chi connectivity index (χ0) is 19.3. The summed E-state index contributed by atoms with van der Waals surface area (Å²) in [7, 11) is 0. The molecule has 0 saturated carbocycles. The highest BCUT2D eigenvalue weighted by atomic mass is 16.3. The smallest absolute Gasteiger partial charge is 0.229 e. The summed E-state index contributed by atoms with van der Waals surface area (Å²) in [5, 5.41) is 13.2. The van der Waals surface area contributed by atoms with Crippen molar-refractivity contribution in [3.8, 4) is 0 Å². The Morgan fingerprint density at radius 2 is 1.75 bits per heavy atom. The second-order valence-corrected chi connectivity index (χ2v) is 7.41. The Morgan fingerprint density at radius 3 is 2.46 bits per heavy atom. The monoisotopic (exact) mass is 374 g/mol. The molecule has 2 aromatic carbocycles. The number of hydrogen-bond donors (Lipinski definition) is 2. The van der Waals surface area contributed by atoms with Crippen LogP contribution < -0.4 is 10.2 Å². The number of piperidine rings is 1. The third kappa shape index (κ3) is 4.49. The molecule has 1 saturated heterocycles. The molecule has 2 heterocycles. The van der Waals surface area contributed by atoms with Gasteiger partial charge in [0, 0.05) is 37.0 Å². The summed E-state index contributed by atoms with van der Waals surface area (Å²) in [6.45, 7) is 3.72. The third-order valence-corrected chi connectivity index (χ3v) is 5.15. The number of nitrogens with one attached hydrogen (secondary N) is 1. The van der Waals surface area contributed by atoms with E-state index in [9.17, 15) is 5.11 Å². The number of aliphatic hydroxyl groups is 1. The highest BCUT2D eigenvalue weighted by Gasteiger charge is 2.21. The maximum absolute atomic E-state index is 9.88. The second-order valence-electron chi connectivity index (χ2n) is 7.41. The van der Waals surface area contributed by atoms with Crippen molar-refractivity contribution in [2.45, 2.75) is 32.3 Å². The van der Waals surface area contributed by atoms with E-state index in [1.165, 1.54) is 11.1 Å². The van der Waals surface area contributed by atoms with Gasteiger partial charge in [-0.3, -0.25) is 0 Å². The van der Waals surface area contributed by atoms with Crippen LogP contribution in [0.2, 0.25) is 0 Å². The molecule has 1 fully saturated rings. The van der Waals surface area contributed by atoms with Crippen LogP contribution in [0.15, 0.2) is 60.8 Å². The van der Waals surface area contributed by atoms with Gasteiger partial charge in [0.2, 0.25) is 5.95 Å². The largest absolute Gasteiger partial charge is 0.393 e. The van der Waals surface area contributed by atoms with Gasteiger partial charge in [-0.25, -0.2) is 4.98 Å². The van der Waals surface area contributed by atoms with Crippen LogP contribution >= 0.6 is 0 Å². The van der Waals surface area contributed by atoms with E-state index in [-0.39, 0.29) is 6.10 Å². The van der Waals surface area contributed by atoms with Gasteiger partial charge in [-0.1, -0.05) is 48.0 Å². The van der Waals surface area contributed by atoms with Gasteiger partial charge in [0.05, 0.1) is 6.10 Å². The second kappa shape index (κ2) is 8.40. The molecular formula is C23H26N4O. The summed E-state index contributed by atoms with van der Waals surface area (Å²) in [6.07, 6.45) is 4.06. The first-order chi connectivity index (χ1) is 13.7. The van der Waals surface area contributed by atoms with Crippen LogP contribution in [0.25, 0.3) is 0 Å². The van der Waals surface area contributed by atoms with Crippen LogP contribution in [0.5, 0.6) is 0 Å². The van der Waals surface area contributed by atoms with Crippen molar-refractivity contribution < 1.29 is 5.11 Å². The molecule has 1 aromatic heterocycles. The average molecular weight is 374 g/mol. The van der Waals surface area contributed by atoms with E-state index in [1.54, 1.807) is 0 Å². The Labute approximate surface area is 166 Å². The van der Waals surface area contributed by atoms with Crippen LogP contribution in [-0.4, -0.2) is 34.3 Å². The lowest BCUT2D eigenvalue weighted by Crippen LogP contribution is -2.37. The molecule has 0 aliphatic carbocycles. The lowest BCUT2D eigenvalue weighted by molar-refractivity contribution is 0.145. The summed E-state index contributed by atoms with van der Waals surface area (Å²) in [5.74, 6) is 1.56. The lowest BCUT2D eigenvalue weighted by atomic mass is 10.0. The molecule has 0 amide bonds. The van der Waals surface area contributed by atoms with Gasteiger partial charge in [-0.05, 0) is 37.5 Å². The van der Waals surface area contributed by atoms with E-state index in [4.69, 9.17) is 4.98 Å². The number of aromatic nitrogens is 2. The quantitative estimate of drug-likeness (QED) is 0.705. The number of aliphatic hydroxyl groups excluding tert-OH is 1. The van der Waals surface area contributed by atoms with Gasteiger partial charge in [0.25, 0.3) is 0 Å². The molecule has 0 bridgehead atoms. The molecule has 4 rings (SSSR count). The fourth-order valence-electron chi connectivity index (χ4n) is 3.51. The zero-order valence-corrected chi connectivity index (χ0v) is 16.2. The van der Waals surface area contributed by atoms with E-state index in [0.29, 0.717) is 5.95 Å². The highest BCUT2D eigenvalue weighted by molar-refractivity contribution is 5.57. The van der Waals surface area contributed by atoms with E-state index in [0.717, 1.165) is 49.4 Å². The first-order valence-electron chi connectivity index (χ1n) is 9.84. The molecule has 28 heavy (non-hydrogen) atoms. The fraction of sp³-hybridized carbons (Fsp3) is 0.304. The molecule has 3 aromatic rings. The minimum Gasteiger partial charge on any atom is -0.393 e. The van der Waals surface area contributed by atoms with Crippen LogP contribution in [0.4, 0.5) is 17.5 Å². The van der Waals surface area contributed by atoms with E-state index >= 15 is 0 Å². The Morgan fingerprint density at radius 1 is 1.04 bits per heavy atom. The molecule has 5 heteroatoms. The number of nitrogens with zero attached hydrogens (tertiary/aromatic N) is 3. The third-order valence-electron chi connectivity index (χ3n) is 5.15. The maximum Gasteiger partial charge on any atom is 0.229 e. The van der Waals surface area contributed by atoms with Gasteiger partial charge in [0.15, 0.2) is 0 Å². The maximum atomic E-state index is 9.88. The van der Waals surface area contributed by atoms with Gasteiger partial charge >= 0.3 is 0 Å². The van der Waals surface area contributed by atoms with E-state index in [2.05, 4.69) is 46.4 Å². The van der Waals surface area contributed by atoms with Gasteiger partial charge in [-0.2, -0.15) is 4.98 Å². The molecule has 5 nitrogen and oxygen atoms in total. The molecular weight excluding hydrogens is 348 g/mol. The van der Waals surface area contributed by atoms with Crippen molar-refractivity contribution in [2.24, 2.45) is 0 Å².